The van der Waals surface area contributed by atoms with Gasteiger partial charge in [-0.25, -0.2) is 0 Å². The lowest BCUT2D eigenvalue weighted by atomic mass is 9.99. The second kappa shape index (κ2) is 8.00. The van der Waals surface area contributed by atoms with Crippen molar-refractivity contribution < 1.29 is 14.1 Å². The highest BCUT2D eigenvalue weighted by molar-refractivity contribution is 5.92. The van der Waals surface area contributed by atoms with E-state index in [1.165, 1.54) is 0 Å². The van der Waals surface area contributed by atoms with E-state index in [1.807, 2.05) is 24.3 Å². The van der Waals surface area contributed by atoms with Gasteiger partial charge in [0.15, 0.2) is 5.82 Å². The molecule has 2 aromatic carbocycles. The number of primary amides is 1. The van der Waals surface area contributed by atoms with Crippen molar-refractivity contribution in [3.05, 3.63) is 59.9 Å². The molecule has 7 nitrogen and oxygen atoms in total. The third-order valence-electron chi connectivity index (χ3n) is 4.84. The van der Waals surface area contributed by atoms with Crippen molar-refractivity contribution in [2.75, 3.05) is 0 Å². The summed E-state index contributed by atoms with van der Waals surface area (Å²) in [5.41, 5.74) is 12.4. The molecular weight excluding hydrogens is 380 g/mol. The van der Waals surface area contributed by atoms with Crippen LogP contribution in [0.25, 0.3) is 11.5 Å². The van der Waals surface area contributed by atoms with E-state index in [0.29, 0.717) is 28.8 Å². The zero-order valence-corrected chi connectivity index (χ0v) is 15.9. The van der Waals surface area contributed by atoms with Crippen LogP contribution in [-0.2, 0) is 5.54 Å². The van der Waals surface area contributed by atoms with Crippen LogP contribution in [0.5, 0.6) is 11.5 Å². The summed E-state index contributed by atoms with van der Waals surface area (Å²) in [4.78, 5) is 15.6. The summed E-state index contributed by atoms with van der Waals surface area (Å²) in [6.07, 6.45) is 3.94. The number of carbonyl (C=O) groups is 1. The molecule has 4 rings (SSSR count). The molecule has 0 bridgehead atoms. The lowest BCUT2D eigenvalue weighted by molar-refractivity contribution is 0.100. The summed E-state index contributed by atoms with van der Waals surface area (Å²) in [5.74, 6) is 1.81. The minimum Gasteiger partial charge on any atom is -0.457 e. The average Bonchev–Trinajstić information content (AvgIpc) is 3.33. The molecule has 1 aromatic heterocycles. The summed E-state index contributed by atoms with van der Waals surface area (Å²) in [7, 11) is 0. The van der Waals surface area contributed by atoms with Gasteiger partial charge in [-0.15, -0.1) is 12.4 Å². The predicted molar refractivity (Wildman–Crippen MR) is 106 cm³/mol. The molecule has 0 atom stereocenters. The predicted octanol–water partition coefficient (Wildman–Crippen LogP) is 3.78. The highest BCUT2D eigenvalue weighted by Crippen LogP contribution is 2.35. The number of ether oxygens (including phenoxy) is 1. The molecule has 146 valence electrons. The Bertz CT molecular complexity index is 948. The molecule has 1 aliphatic carbocycles. The van der Waals surface area contributed by atoms with Crippen molar-refractivity contribution in [3.63, 3.8) is 0 Å². The standard InChI is InChI=1S/C20H20N4O3.ClH/c21-17(25)13-3-7-15(8-4-13)26-16-9-5-14(6-10-16)18-23-19(24-27-18)20(22)11-1-2-12-20;/h3-10H,1-2,11-12,22H2,(H2,21,25);1H. The van der Waals surface area contributed by atoms with Gasteiger partial charge in [-0.2, -0.15) is 4.98 Å². The number of nitrogens with zero attached hydrogens (tertiary/aromatic N) is 2. The van der Waals surface area contributed by atoms with Gasteiger partial charge < -0.3 is 20.7 Å². The molecule has 1 amide bonds. The third kappa shape index (κ3) is 4.00. The maximum absolute atomic E-state index is 11.1. The summed E-state index contributed by atoms with van der Waals surface area (Å²) in [6.45, 7) is 0. The summed E-state index contributed by atoms with van der Waals surface area (Å²) >= 11 is 0. The SMILES string of the molecule is Cl.NC(=O)c1ccc(Oc2ccc(-c3nc(C4(N)CCCC4)no3)cc2)cc1. The highest BCUT2D eigenvalue weighted by atomic mass is 35.5. The molecule has 3 aromatic rings. The Morgan fingerprint density at radius 3 is 2.14 bits per heavy atom. The van der Waals surface area contributed by atoms with E-state index < -0.39 is 11.4 Å². The minimum absolute atomic E-state index is 0. The van der Waals surface area contributed by atoms with Crippen LogP contribution in [0.1, 0.15) is 41.9 Å². The van der Waals surface area contributed by atoms with Gasteiger partial charge in [-0.3, -0.25) is 4.79 Å². The molecule has 0 saturated heterocycles. The highest BCUT2D eigenvalue weighted by Gasteiger charge is 2.36. The van der Waals surface area contributed by atoms with Crippen LogP contribution in [-0.4, -0.2) is 16.0 Å². The number of hydrogen-bond donors (Lipinski definition) is 2. The minimum atomic E-state index is -0.471. The van der Waals surface area contributed by atoms with Crippen molar-refractivity contribution in [2.45, 2.75) is 31.2 Å². The maximum atomic E-state index is 11.1. The Morgan fingerprint density at radius 2 is 1.57 bits per heavy atom. The molecule has 0 spiro atoms. The van der Waals surface area contributed by atoms with Crippen LogP contribution in [0.3, 0.4) is 0 Å². The number of benzene rings is 2. The van der Waals surface area contributed by atoms with Gasteiger partial charge in [0, 0.05) is 11.1 Å². The Hall–Kier alpha value is -2.90. The Kier molecular flexibility index (Phi) is 5.67. The second-order valence-electron chi connectivity index (χ2n) is 6.80. The Morgan fingerprint density at radius 1 is 1.00 bits per heavy atom. The summed E-state index contributed by atoms with van der Waals surface area (Å²) < 4.78 is 11.2. The number of hydrogen-bond acceptors (Lipinski definition) is 6. The molecule has 8 heteroatoms. The zero-order valence-electron chi connectivity index (χ0n) is 15.1. The van der Waals surface area contributed by atoms with Crippen LogP contribution in [0.15, 0.2) is 53.1 Å². The molecule has 1 aliphatic rings. The van der Waals surface area contributed by atoms with E-state index in [1.54, 1.807) is 24.3 Å². The molecule has 28 heavy (non-hydrogen) atoms. The quantitative estimate of drug-likeness (QED) is 0.672. The molecule has 1 fully saturated rings. The fraction of sp³-hybridized carbons (Fsp3) is 0.250. The first-order chi connectivity index (χ1) is 13.0. The van der Waals surface area contributed by atoms with Gasteiger partial charge in [0.05, 0.1) is 5.54 Å². The molecule has 4 N–H and O–H groups in total. The van der Waals surface area contributed by atoms with Crippen LogP contribution in [0.4, 0.5) is 0 Å². The van der Waals surface area contributed by atoms with E-state index >= 15 is 0 Å². The summed E-state index contributed by atoms with van der Waals surface area (Å²) in [5, 5.41) is 4.08. The Labute approximate surface area is 168 Å². The smallest absolute Gasteiger partial charge is 0.257 e. The number of rotatable bonds is 5. The van der Waals surface area contributed by atoms with Gasteiger partial charge in [0.1, 0.15) is 11.5 Å². The first-order valence-corrected chi connectivity index (χ1v) is 8.85. The van der Waals surface area contributed by atoms with Crippen molar-refractivity contribution in [1.82, 2.24) is 10.1 Å². The van der Waals surface area contributed by atoms with Crippen LogP contribution in [0.2, 0.25) is 0 Å². The molecular formula is C20H21ClN4O3. The van der Waals surface area contributed by atoms with E-state index in [9.17, 15) is 4.79 Å². The number of amides is 1. The van der Waals surface area contributed by atoms with Gasteiger partial charge >= 0.3 is 0 Å². The van der Waals surface area contributed by atoms with Crippen molar-refractivity contribution in [3.8, 4) is 23.0 Å². The molecule has 0 unspecified atom stereocenters. The van der Waals surface area contributed by atoms with Crippen LogP contribution < -0.4 is 16.2 Å². The fourth-order valence-electron chi connectivity index (χ4n) is 3.26. The number of nitrogens with two attached hydrogens (primary N) is 2. The van der Waals surface area contributed by atoms with Crippen molar-refractivity contribution in [2.24, 2.45) is 11.5 Å². The molecule has 1 heterocycles. The maximum Gasteiger partial charge on any atom is 0.257 e. The van der Waals surface area contributed by atoms with Crippen LogP contribution >= 0.6 is 12.4 Å². The number of carbonyl (C=O) groups excluding carboxylic acids is 1. The fourth-order valence-corrected chi connectivity index (χ4v) is 3.26. The molecule has 0 radical (unpaired) electrons. The Balaban J connectivity index is 0.00000225. The van der Waals surface area contributed by atoms with Gasteiger partial charge in [-0.1, -0.05) is 18.0 Å². The first-order valence-electron chi connectivity index (χ1n) is 8.85. The first kappa shape index (κ1) is 19.9. The summed E-state index contributed by atoms with van der Waals surface area (Å²) in [6, 6.07) is 14.0. The topological polar surface area (TPSA) is 117 Å². The second-order valence-corrected chi connectivity index (χ2v) is 6.80. The normalized spacial score (nSPS) is 15.0. The molecule has 0 aliphatic heterocycles. The lowest BCUT2D eigenvalue weighted by Gasteiger charge is -2.17. The van der Waals surface area contributed by atoms with E-state index in [2.05, 4.69) is 10.1 Å². The average molecular weight is 401 g/mol. The van der Waals surface area contributed by atoms with E-state index in [4.69, 9.17) is 20.7 Å². The van der Waals surface area contributed by atoms with Gasteiger partial charge in [0.25, 0.3) is 5.89 Å². The third-order valence-corrected chi connectivity index (χ3v) is 4.84. The zero-order chi connectivity index (χ0) is 18.9. The lowest BCUT2D eigenvalue weighted by Crippen LogP contribution is -2.34. The van der Waals surface area contributed by atoms with Crippen molar-refractivity contribution in [1.29, 1.82) is 0 Å². The number of aromatic nitrogens is 2. The number of halogens is 1. The van der Waals surface area contributed by atoms with Crippen molar-refractivity contribution >= 4 is 18.3 Å². The van der Waals surface area contributed by atoms with E-state index in [-0.39, 0.29) is 12.4 Å². The van der Waals surface area contributed by atoms with Crippen LogP contribution in [0, 0.1) is 0 Å². The van der Waals surface area contributed by atoms with Gasteiger partial charge in [0.2, 0.25) is 5.91 Å². The monoisotopic (exact) mass is 400 g/mol. The largest absolute Gasteiger partial charge is 0.457 e. The molecule has 1 saturated carbocycles. The van der Waals surface area contributed by atoms with E-state index in [0.717, 1.165) is 31.2 Å². The van der Waals surface area contributed by atoms with Gasteiger partial charge in [-0.05, 0) is 61.4 Å².